The van der Waals surface area contributed by atoms with Crippen LogP contribution < -0.4 is 20.2 Å². The minimum Gasteiger partial charge on any atom is -0.490 e. The molecule has 0 aliphatic carbocycles. The summed E-state index contributed by atoms with van der Waals surface area (Å²) in [7, 11) is 0. The summed E-state index contributed by atoms with van der Waals surface area (Å²) in [5.74, 6) is 1.31. The third kappa shape index (κ3) is 6.97. The van der Waals surface area contributed by atoms with Gasteiger partial charge in [0.2, 0.25) is 0 Å². The number of urea groups is 1. The predicted molar refractivity (Wildman–Crippen MR) is 133 cm³/mol. The molecule has 0 aliphatic heterocycles. The monoisotopic (exact) mass is 443 g/mol. The van der Waals surface area contributed by atoms with Gasteiger partial charge in [-0.1, -0.05) is 54.6 Å². The van der Waals surface area contributed by atoms with Crippen molar-refractivity contribution < 1.29 is 14.3 Å². The number of amides is 2. The van der Waals surface area contributed by atoms with Crippen LogP contribution in [0.2, 0.25) is 0 Å². The molecule has 33 heavy (non-hydrogen) atoms. The van der Waals surface area contributed by atoms with Crippen LogP contribution in [0.4, 0.5) is 10.5 Å². The number of nitrogens with one attached hydrogen (secondary N) is 2. The van der Waals surface area contributed by atoms with E-state index in [1.54, 1.807) is 6.21 Å². The third-order valence-corrected chi connectivity index (χ3v) is 4.82. The lowest BCUT2D eigenvalue weighted by Crippen LogP contribution is -2.24. The number of hydrogen-bond donors (Lipinski definition) is 2. The number of carbonyl (C=O) groups is 1. The van der Waals surface area contributed by atoms with E-state index in [4.69, 9.17) is 9.47 Å². The maximum Gasteiger partial charge on any atom is 0.339 e. The molecule has 2 amide bonds. The SMILES string of the molecule is C=CCc1cc(C=NNC(=O)Nc2ccccc2C)cc(OCC)c1OCc1ccccc1. The number of nitrogens with zero attached hydrogens (tertiary/aromatic N) is 1. The van der Waals surface area contributed by atoms with E-state index in [0.717, 1.165) is 27.9 Å². The first-order valence-corrected chi connectivity index (χ1v) is 10.8. The van der Waals surface area contributed by atoms with Gasteiger partial charge in [0.15, 0.2) is 11.5 Å². The standard InChI is InChI=1S/C27H29N3O3/c1-4-11-23-16-22(18-28-30-27(31)29-24-15-10-9-12-20(24)3)17-25(32-5-2)26(23)33-19-21-13-7-6-8-14-21/h4,6-10,12-18H,1,5,11,19H2,2-3H3,(H2,29,30,31). The Balaban J connectivity index is 1.75. The van der Waals surface area contributed by atoms with Crippen molar-refractivity contribution in [1.29, 1.82) is 0 Å². The number of para-hydroxylation sites is 1. The number of hydrazone groups is 1. The smallest absolute Gasteiger partial charge is 0.339 e. The Morgan fingerprint density at radius 1 is 1.06 bits per heavy atom. The number of anilines is 1. The zero-order chi connectivity index (χ0) is 23.5. The van der Waals surface area contributed by atoms with Crippen LogP contribution in [-0.4, -0.2) is 18.9 Å². The van der Waals surface area contributed by atoms with Gasteiger partial charge in [0.25, 0.3) is 0 Å². The molecule has 6 nitrogen and oxygen atoms in total. The summed E-state index contributed by atoms with van der Waals surface area (Å²) < 4.78 is 12.0. The van der Waals surface area contributed by atoms with E-state index in [9.17, 15) is 4.79 Å². The molecule has 0 bridgehead atoms. The molecule has 2 N–H and O–H groups in total. The zero-order valence-corrected chi connectivity index (χ0v) is 19.0. The van der Waals surface area contributed by atoms with Crippen molar-refractivity contribution >= 4 is 17.9 Å². The molecule has 6 heteroatoms. The van der Waals surface area contributed by atoms with E-state index in [1.165, 1.54) is 0 Å². The highest BCUT2D eigenvalue weighted by Crippen LogP contribution is 2.34. The highest BCUT2D eigenvalue weighted by molar-refractivity contribution is 5.91. The molecule has 0 fully saturated rings. The number of allylic oxidation sites excluding steroid dienone is 1. The molecule has 0 saturated carbocycles. The van der Waals surface area contributed by atoms with Gasteiger partial charge in [0, 0.05) is 11.3 Å². The molecule has 0 atom stereocenters. The molecule has 3 aromatic rings. The molecule has 0 aromatic heterocycles. The number of hydrogen-bond acceptors (Lipinski definition) is 4. The fraction of sp³-hybridized carbons (Fsp3) is 0.185. The van der Waals surface area contributed by atoms with Crippen LogP contribution >= 0.6 is 0 Å². The molecule has 3 rings (SSSR count). The van der Waals surface area contributed by atoms with Gasteiger partial charge in [-0.05, 0) is 55.2 Å². The average molecular weight is 444 g/mol. The van der Waals surface area contributed by atoms with Crippen molar-refractivity contribution in [1.82, 2.24) is 5.43 Å². The van der Waals surface area contributed by atoms with E-state index in [2.05, 4.69) is 22.4 Å². The Morgan fingerprint density at radius 2 is 1.82 bits per heavy atom. The number of rotatable bonds is 10. The summed E-state index contributed by atoms with van der Waals surface area (Å²) in [5.41, 5.74) is 6.98. The Labute approximate surface area is 194 Å². The summed E-state index contributed by atoms with van der Waals surface area (Å²) in [5, 5.41) is 6.86. The van der Waals surface area contributed by atoms with Crippen molar-refractivity contribution in [3.63, 3.8) is 0 Å². The highest BCUT2D eigenvalue weighted by atomic mass is 16.5. The van der Waals surface area contributed by atoms with E-state index in [0.29, 0.717) is 31.1 Å². The average Bonchev–Trinajstić information content (AvgIpc) is 2.81. The Morgan fingerprint density at radius 3 is 2.55 bits per heavy atom. The molecule has 0 saturated heterocycles. The molecule has 0 unspecified atom stereocenters. The number of aryl methyl sites for hydroxylation is 1. The second kappa shape index (κ2) is 12.1. The zero-order valence-electron chi connectivity index (χ0n) is 19.0. The van der Waals surface area contributed by atoms with Gasteiger partial charge >= 0.3 is 6.03 Å². The van der Waals surface area contributed by atoms with Crippen LogP contribution in [0, 0.1) is 6.92 Å². The largest absolute Gasteiger partial charge is 0.490 e. The van der Waals surface area contributed by atoms with Gasteiger partial charge in [-0.3, -0.25) is 0 Å². The first kappa shape index (κ1) is 23.6. The van der Waals surface area contributed by atoms with E-state index < -0.39 is 6.03 Å². The van der Waals surface area contributed by atoms with Crippen LogP contribution in [0.1, 0.15) is 29.2 Å². The van der Waals surface area contributed by atoms with Gasteiger partial charge in [-0.15, -0.1) is 6.58 Å². The molecular weight excluding hydrogens is 414 g/mol. The summed E-state index contributed by atoms with van der Waals surface area (Å²) in [6, 6.07) is 20.9. The normalized spacial score (nSPS) is 10.6. The van der Waals surface area contributed by atoms with Crippen molar-refractivity contribution in [2.24, 2.45) is 5.10 Å². The van der Waals surface area contributed by atoms with Crippen LogP contribution in [0.15, 0.2) is 84.5 Å². The number of carbonyl (C=O) groups excluding carboxylic acids is 1. The van der Waals surface area contributed by atoms with Gasteiger partial charge in [-0.25, -0.2) is 10.2 Å². The molecule has 0 radical (unpaired) electrons. The van der Waals surface area contributed by atoms with Gasteiger partial charge in [-0.2, -0.15) is 5.10 Å². The minimum absolute atomic E-state index is 0.417. The van der Waals surface area contributed by atoms with Crippen molar-refractivity contribution in [3.8, 4) is 11.5 Å². The first-order valence-electron chi connectivity index (χ1n) is 10.8. The molecule has 0 heterocycles. The third-order valence-electron chi connectivity index (χ3n) is 4.82. The topological polar surface area (TPSA) is 72.0 Å². The summed E-state index contributed by atoms with van der Waals surface area (Å²) in [6.07, 6.45) is 4.00. The molecule has 3 aromatic carbocycles. The van der Waals surface area contributed by atoms with Crippen LogP contribution in [0.5, 0.6) is 11.5 Å². The maximum atomic E-state index is 12.2. The number of ether oxygens (including phenoxy) is 2. The van der Waals surface area contributed by atoms with Crippen LogP contribution in [0.3, 0.4) is 0 Å². The lowest BCUT2D eigenvalue weighted by atomic mass is 10.1. The maximum absolute atomic E-state index is 12.2. The summed E-state index contributed by atoms with van der Waals surface area (Å²) >= 11 is 0. The molecule has 0 aliphatic rings. The Bertz CT molecular complexity index is 1110. The van der Waals surface area contributed by atoms with Gasteiger partial charge in [0.05, 0.1) is 12.8 Å². The predicted octanol–water partition coefficient (Wildman–Crippen LogP) is 5.86. The van der Waals surface area contributed by atoms with Crippen molar-refractivity contribution in [2.45, 2.75) is 26.9 Å². The molecule has 0 spiro atoms. The molecule has 170 valence electrons. The van der Waals surface area contributed by atoms with Crippen molar-refractivity contribution in [2.75, 3.05) is 11.9 Å². The second-order valence-corrected chi connectivity index (χ2v) is 7.35. The van der Waals surface area contributed by atoms with Crippen molar-refractivity contribution in [3.05, 3.63) is 102 Å². The Kier molecular flexibility index (Phi) is 8.65. The summed E-state index contributed by atoms with van der Waals surface area (Å²) in [4.78, 5) is 12.2. The summed E-state index contributed by atoms with van der Waals surface area (Å²) in [6.45, 7) is 8.63. The molecular formula is C27H29N3O3. The van der Waals surface area contributed by atoms with Crippen LogP contribution in [-0.2, 0) is 13.0 Å². The lowest BCUT2D eigenvalue weighted by Gasteiger charge is -2.17. The fourth-order valence-electron chi connectivity index (χ4n) is 3.25. The van der Waals surface area contributed by atoms with Gasteiger partial charge in [0.1, 0.15) is 6.61 Å². The minimum atomic E-state index is -0.417. The highest BCUT2D eigenvalue weighted by Gasteiger charge is 2.13. The Hall–Kier alpha value is -4.06. The quantitative estimate of drug-likeness (QED) is 0.234. The second-order valence-electron chi connectivity index (χ2n) is 7.35. The number of benzene rings is 3. The van der Waals surface area contributed by atoms with Crippen LogP contribution in [0.25, 0.3) is 0 Å². The van der Waals surface area contributed by atoms with E-state index >= 15 is 0 Å². The lowest BCUT2D eigenvalue weighted by molar-refractivity contribution is 0.252. The first-order chi connectivity index (χ1) is 16.1. The fourth-order valence-corrected chi connectivity index (χ4v) is 3.25. The van der Waals surface area contributed by atoms with E-state index in [-0.39, 0.29) is 0 Å². The van der Waals surface area contributed by atoms with Gasteiger partial charge < -0.3 is 14.8 Å². The van der Waals surface area contributed by atoms with E-state index in [1.807, 2.05) is 86.7 Å².